The second-order valence-corrected chi connectivity index (χ2v) is 4.75. The molecule has 3 heteroatoms. The van der Waals surface area contributed by atoms with E-state index in [2.05, 4.69) is 4.90 Å². The quantitative estimate of drug-likeness (QED) is 0.785. The van der Waals surface area contributed by atoms with Crippen LogP contribution < -0.4 is 0 Å². The topological polar surface area (TPSA) is 40.5 Å². The predicted octanol–water partition coefficient (Wildman–Crippen LogP) is 2.58. The third-order valence-electron chi connectivity index (χ3n) is 2.97. The lowest BCUT2D eigenvalue weighted by molar-refractivity contribution is -0.132. The SMILES string of the molecule is CC(C(=O)O)=C(CCN(C)C)Cc1ccccc1. The summed E-state index contributed by atoms with van der Waals surface area (Å²) >= 11 is 0. The zero-order chi connectivity index (χ0) is 13.5. The average Bonchev–Trinajstić information content (AvgIpc) is 2.34. The summed E-state index contributed by atoms with van der Waals surface area (Å²) in [5.41, 5.74) is 2.63. The van der Waals surface area contributed by atoms with Gasteiger partial charge in [-0.05, 0) is 39.4 Å². The van der Waals surface area contributed by atoms with Crippen LogP contribution in [0.25, 0.3) is 0 Å². The first-order chi connectivity index (χ1) is 8.50. The Hall–Kier alpha value is -1.61. The minimum Gasteiger partial charge on any atom is -0.478 e. The lowest BCUT2D eigenvalue weighted by Crippen LogP contribution is -2.15. The van der Waals surface area contributed by atoms with Crippen molar-refractivity contribution in [2.75, 3.05) is 20.6 Å². The van der Waals surface area contributed by atoms with Crippen molar-refractivity contribution in [1.82, 2.24) is 4.90 Å². The molecule has 0 aliphatic carbocycles. The smallest absolute Gasteiger partial charge is 0.331 e. The number of carboxylic acids is 1. The summed E-state index contributed by atoms with van der Waals surface area (Å²) in [5, 5.41) is 9.12. The second-order valence-electron chi connectivity index (χ2n) is 4.75. The number of hydrogen-bond acceptors (Lipinski definition) is 2. The van der Waals surface area contributed by atoms with Crippen LogP contribution in [0.1, 0.15) is 18.9 Å². The first-order valence-electron chi connectivity index (χ1n) is 6.11. The van der Waals surface area contributed by atoms with Crippen LogP contribution in [0.15, 0.2) is 41.5 Å². The largest absolute Gasteiger partial charge is 0.478 e. The number of benzene rings is 1. The highest BCUT2D eigenvalue weighted by Crippen LogP contribution is 2.16. The third-order valence-corrected chi connectivity index (χ3v) is 2.97. The van der Waals surface area contributed by atoms with Gasteiger partial charge in [0.2, 0.25) is 0 Å². The Kier molecular flexibility index (Phi) is 5.59. The van der Waals surface area contributed by atoms with Crippen LogP contribution in [0.3, 0.4) is 0 Å². The molecule has 0 aromatic heterocycles. The molecule has 1 N–H and O–H groups in total. The number of aliphatic carboxylic acids is 1. The molecule has 0 amide bonds. The van der Waals surface area contributed by atoms with Crippen molar-refractivity contribution < 1.29 is 9.90 Å². The summed E-state index contributed by atoms with van der Waals surface area (Å²) < 4.78 is 0. The highest BCUT2D eigenvalue weighted by Gasteiger charge is 2.10. The zero-order valence-corrected chi connectivity index (χ0v) is 11.3. The van der Waals surface area contributed by atoms with E-state index in [4.69, 9.17) is 5.11 Å². The first kappa shape index (κ1) is 14.5. The Labute approximate surface area is 109 Å². The fraction of sp³-hybridized carbons (Fsp3) is 0.400. The maximum absolute atomic E-state index is 11.1. The van der Waals surface area contributed by atoms with Crippen molar-refractivity contribution in [1.29, 1.82) is 0 Å². The maximum atomic E-state index is 11.1. The van der Waals surface area contributed by atoms with Crippen LogP contribution in [-0.2, 0) is 11.2 Å². The van der Waals surface area contributed by atoms with E-state index in [0.717, 1.165) is 24.1 Å². The molecule has 0 unspecified atom stereocenters. The number of rotatable bonds is 6. The Morgan fingerprint density at radius 1 is 1.22 bits per heavy atom. The van der Waals surface area contributed by atoms with Gasteiger partial charge in [0.25, 0.3) is 0 Å². The van der Waals surface area contributed by atoms with Crippen molar-refractivity contribution in [2.45, 2.75) is 19.8 Å². The highest BCUT2D eigenvalue weighted by atomic mass is 16.4. The number of nitrogens with zero attached hydrogens (tertiary/aromatic N) is 1. The predicted molar refractivity (Wildman–Crippen MR) is 73.7 cm³/mol. The van der Waals surface area contributed by atoms with Crippen molar-refractivity contribution >= 4 is 5.97 Å². The van der Waals surface area contributed by atoms with E-state index in [0.29, 0.717) is 12.0 Å². The molecule has 0 spiro atoms. The summed E-state index contributed by atoms with van der Waals surface area (Å²) in [6, 6.07) is 10.00. The van der Waals surface area contributed by atoms with E-state index in [1.807, 2.05) is 44.4 Å². The summed E-state index contributed by atoms with van der Waals surface area (Å²) in [6.45, 7) is 2.56. The van der Waals surface area contributed by atoms with E-state index in [1.54, 1.807) is 6.92 Å². The molecule has 0 heterocycles. The molecule has 1 aromatic carbocycles. The molecule has 0 radical (unpaired) electrons. The summed E-state index contributed by atoms with van der Waals surface area (Å²) in [6.07, 6.45) is 1.51. The van der Waals surface area contributed by atoms with Gasteiger partial charge in [0.15, 0.2) is 0 Å². The fourth-order valence-corrected chi connectivity index (χ4v) is 1.76. The molecule has 0 fully saturated rings. The molecule has 0 atom stereocenters. The standard InChI is InChI=1S/C15H21NO2/c1-12(15(17)18)14(9-10-16(2)3)11-13-7-5-4-6-8-13/h4-8H,9-11H2,1-3H3,(H,17,18). The summed E-state index contributed by atoms with van der Waals surface area (Å²) in [7, 11) is 3.99. The van der Waals surface area contributed by atoms with Gasteiger partial charge in [0.1, 0.15) is 0 Å². The molecule has 18 heavy (non-hydrogen) atoms. The summed E-state index contributed by atoms with van der Waals surface area (Å²) in [4.78, 5) is 13.2. The van der Waals surface area contributed by atoms with Gasteiger partial charge in [0, 0.05) is 12.1 Å². The normalized spacial score (nSPS) is 12.4. The van der Waals surface area contributed by atoms with Crippen molar-refractivity contribution in [3.8, 4) is 0 Å². The van der Waals surface area contributed by atoms with Crippen LogP contribution in [0.4, 0.5) is 0 Å². The first-order valence-corrected chi connectivity index (χ1v) is 6.11. The van der Waals surface area contributed by atoms with Gasteiger partial charge in [-0.15, -0.1) is 0 Å². The molecule has 0 aliphatic rings. The fourth-order valence-electron chi connectivity index (χ4n) is 1.76. The Balaban J connectivity index is 2.85. The molecule has 98 valence electrons. The van der Waals surface area contributed by atoms with E-state index in [9.17, 15) is 4.79 Å². The van der Waals surface area contributed by atoms with Crippen molar-refractivity contribution in [2.24, 2.45) is 0 Å². The van der Waals surface area contributed by atoms with Crippen LogP contribution in [0, 0.1) is 0 Å². The van der Waals surface area contributed by atoms with Gasteiger partial charge in [-0.2, -0.15) is 0 Å². The Morgan fingerprint density at radius 2 is 1.83 bits per heavy atom. The molecule has 0 aliphatic heterocycles. The lowest BCUT2D eigenvalue weighted by atomic mass is 9.98. The molecule has 1 rings (SSSR count). The zero-order valence-electron chi connectivity index (χ0n) is 11.3. The van der Waals surface area contributed by atoms with Gasteiger partial charge >= 0.3 is 5.97 Å². The number of carbonyl (C=O) groups is 1. The molecule has 0 saturated carbocycles. The number of carboxylic acid groups (broad SMARTS) is 1. The van der Waals surface area contributed by atoms with Crippen LogP contribution >= 0.6 is 0 Å². The van der Waals surface area contributed by atoms with Crippen LogP contribution in [0.5, 0.6) is 0 Å². The van der Waals surface area contributed by atoms with Crippen LogP contribution in [0.2, 0.25) is 0 Å². The minimum atomic E-state index is -0.820. The average molecular weight is 247 g/mol. The van der Waals surface area contributed by atoms with Gasteiger partial charge in [-0.1, -0.05) is 35.9 Å². The minimum absolute atomic E-state index is 0.473. The third kappa shape index (κ3) is 4.72. The monoisotopic (exact) mass is 247 g/mol. The highest BCUT2D eigenvalue weighted by molar-refractivity contribution is 5.86. The molecule has 0 saturated heterocycles. The van der Waals surface area contributed by atoms with Crippen LogP contribution in [-0.4, -0.2) is 36.6 Å². The van der Waals surface area contributed by atoms with Crippen molar-refractivity contribution in [3.63, 3.8) is 0 Å². The lowest BCUT2D eigenvalue weighted by Gasteiger charge is -2.14. The van der Waals surface area contributed by atoms with Gasteiger partial charge in [0.05, 0.1) is 0 Å². The van der Waals surface area contributed by atoms with E-state index in [-0.39, 0.29) is 0 Å². The van der Waals surface area contributed by atoms with Crippen molar-refractivity contribution in [3.05, 3.63) is 47.0 Å². The summed E-state index contributed by atoms with van der Waals surface area (Å²) in [5.74, 6) is -0.820. The molecule has 0 bridgehead atoms. The van der Waals surface area contributed by atoms with Gasteiger partial charge in [-0.3, -0.25) is 0 Å². The molecular weight excluding hydrogens is 226 g/mol. The van der Waals surface area contributed by atoms with E-state index >= 15 is 0 Å². The molecular formula is C15H21NO2. The molecule has 3 nitrogen and oxygen atoms in total. The second kappa shape index (κ2) is 6.97. The van der Waals surface area contributed by atoms with Gasteiger partial charge < -0.3 is 10.0 Å². The maximum Gasteiger partial charge on any atom is 0.331 e. The number of hydrogen-bond donors (Lipinski definition) is 1. The Bertz CT molecular complexity index is 421. The van der Waals surface area contributed by atoms with E-state index in [1.165, 1.54) is 0 Å². The van der Waals surface area contributed by atoms with E-state index < -0.39 is 5.97 Å². The van der Waals surface area contributed by atoms with Gasteiger partial charge in [-0.25, -0.2) is 4.79 Å². The Morgan fingerprint density at radius 3 is 2.33 bits per heavy atom. The molecule has 1 aromatic rings.